The first-order valence-corrected chi connectivity index (χ1v) is 13.1. The highest BCUT2D eigenvalue weighted by atomic mass is 16.3. The number of hydrogen-bond acceptors (Lipinski definition) is 7. The number of benzene rings is 1. The number of pyridine rings is 2. The Morgan fingerprint density at radius 2 is 1.77 bits per heavy atom. The third-order valence-electron chi connectivity index (χ3n) is 7.28. The van der Waals surface area contributed by atoms with E-state index in [4.69, 9.17) is 4.98 Å². The zero-order chi connectivity index (χ0) is 27.6. The number of fused-ring (bicyclic) bond motifs is 1. The van der Waals surface area contributed by atoms with E-state index in [1.54, 1.807) is 28.2 Å². The molecule has 4 aromatic heterocycles. The Morgan fingerprint density at radius 1 is 0.975 bits per heavy atom. The SMILES string of the molecule is Cn1cc(-c2cc(-c3ccc(N4CCN(C(=O)C(O)Cc5ccccc5)CC4)nc3)n3c(C#N)cnc3c2)cn1. The Labute approximate surface area is 231 Å². The maximum atomic E-state index is 12.8. The van der Waals surface area contributed by atoms with E-state index in [1.165, 1.54) is 0 Å². The molecule has 10 heteroatoms. The first kappa shape index (κ1) is 25.3. The monoisotopic (exact) mass is 532 g/mol. The van der Waals surface area contributed by atoms with Gasteiger partial charge >= 0.3 is 0 Å². The lowest BCUT2D eigenvalue weighted by atomic mass is 10.1. The van der Waals surface area contributed by atoms with Crippen LogP contribution in [0.1, 0.15) is 11.3 Å². The Morgan fingerprint density at radius 3 is 2.45 bits per heavy atom. The average molecular weight is 533 g/mol. The second-order valence-corrected chi connectivity index (χ2v) is 9.90. The van der Waals surface area contributed by atoms with E-state index < -0.39 is 6.10 Å². The molecule has 0 saturated carbocycles. The second-order valence-electron chi connectivity index (χ2n) is 9.90. The maximum Gasteiger partial charge on any atom is 0.251 e. The van der Waals surface area contributed by atoms with Gasteiger partial charge < -0.3 is 14.9 Å². The van der Waals surface area contributed by atoms with Gasteiger partial charge in [0.1, 0.15) is 29.3 Å². The molecule has 1 aliphatic rings. The first-order chi connectivity index (χ1) is 19.5. The predicted octanol–water partition coefficient (Wildman–Crippen LogP) is 2.92. The number of imidazole rings is 1. The van der Waals surface area contributed by atoms with Crippen LogP contribution in [-0.4, -0.2) is 72.3 Å². The molecule has 5 aromatic rings. The molecule has 0 spiro atoms. The number of nitriles is 1. The Bertz CT molecular complexity index is 1690. The molecule has 10 nitrogen and oxygen atoms in total. The molecule has 0 aliphatic carbocycles. The van der Waals surface area contributed by atoms with Gasteiger partial charge in [-0.15, -0.1) is 0 Å². The molecule has 40 heavy (non-hydrogen) atoms. The van der Waals surface area contributed by atoms with E-state index in [2.05, 4.69) is 21.1 Å². The van der Waals surface area contributed by atoms with Crippen molar-refractivity contribution < 1.29 is 9.90 Å². The number of rotatable bonds is 6. The van der Waals surface area contributed by atoms with E-state index in [-0.39, 0.29) is 5.91 Å². The molecule has 1 N–H and O–H groups in total. The lowest BCUT2D eigenvalue weighted by Crippen LogP contribution is -2.52. The van der Waals surface area contributed by atoms with Crippen LogP contribution < -0.4 is 4.90 Å². The average Bonchev–Trinajstić information content (AvgIpc) is 3.63. The van der Waals surface area contributed by atoms with Crippen LogP contribution in [-0.2, 0) is 18.3 Å². The molecular weight excluding hydrogens is 504 g/mol. The Balaban J connectivity index is 1.18. The highest BCUT2D eigenvalue weighted by molar-refractivity contribution is 5.81. The number of aliphatic hydroxyl groups excluding tert-OH is 1. The molecule has 200 valence electrons. The van der Waals surface area contributed by atoms with Gasteiger partial charge in [-0.2, -0.15) is 10.4 Å². The fourth-order valence-corrected chi connectivity index (χ4v) is 5.16. The lowest BCUT2D eigenvalue weighted by molar-refractivity contribution is -0.140. The number of aryl methyl sites for hydroxylation is 1. The molecule has 1 atom stereocenters. The molecular formula is C30H28N8O2. The van der Waals surface area contributed by atoms with Crippen molar-refractivity contribution in [3.8, 4) is 28.5 Å². The summed E-state index contributed by atoms with van der Waals surface area (Å²) in [5, 5.41) is 24.5. The van der Waals surface area contributed by atoms with Crippen LogP contribution in [0, 0.1) is 11.3 Å². The van der Waals surface area contributed by atoms with E-state index in [0.717, 1.165) is 33.8 Å². The van der Waals surface area contributed by atoms with Crippen LogP contribution in [0.2, 0.25) is 0 Å². The lowest BCUT2D eigenvalue weighted by Gasteiger charge is -2.36. The highest BCUT2D eigenvalue weighted by Gasteiger charge is 2.27. The fourth-order valence-electron chi connectivity index (χ4n) is 5.16. The number of aliphatic hydroxyl groups is 1. The first-order valence-electron chi connectivity index (χ1n) is 13.1. The number of hydrogen-bond donors (Lipinski definition) is 1. The van der Waals surface area contributed by atoms with E-state index in [9.17, 15) is 15.2 Å². The van der Waals surface area contributed by atoms with Crippen molar-refractivity contribution in [1.29, 1.82) is 5.26 Å². The minimum absolute atomic E-state index is 0.238. The summed E-state index contributed by atoms with van der Waals surface area (Å²) in [5.41, 5.74) is 5.63. The largest absolute Gasteiger partial charge is 0.383 e. The Hall–Kier alpha value is -5.01. The summed E-state index contributed by atoms with van der Waals surface area (Å²) >= 11 is 0. The molecule has 5 heterocycles. The van der Waals surface area contributed by atoms with Gasteiger partial charge in [0.15, 0.2) is 0 Å². The van der Waals surface area contributed by atoms with Crippen molar-refractivity contribution in [1.82, 2.24) is 29.0 Å². The van der Waals surface area contributed by atoms with Gasteiger partial charge in [-0.25, -0.2) is 9.97 Å². The number of carbonyl (C=O) groups excluding carboxylic acids is 1. The third-order valence-corrected chi connectivity index (χ3v) is 7.28. The minimum Gasteiger partial charge on any atom is -0.383 e. The van der Waals surface area contributed by atoms with E-state index in [0.29, 0.717) is 43.9 Å². The van der Waals surface area contributed by atoms with Crippen molar-refractivity contribution in [2.75, 3.05) is 31.1 Å². The Kier molecular flexibility index (Phi) is 6.72. The molecule has 1 saturated heterocycles. The minimum atomic E-state index is -1.05. The molecule has 6 rings (SSSR count). The van der Waals surface area contributed by atoms with Crippen molar-refractivity contribution in [2.24, 2.45) is 7.05 Å². The summed E-state index contributed by atoms with van der Waals surface area (Å²) < 4.78 is 3.58. The second kappa shape index (κ2) is 10.6. The van der Waals surface area contributed by atoms with Gasteiger partial charge in [0.2, 0.25) is 0 Å². The number of aromatic nitrogens is 5. The van der Waals surface area contributed by atoms with Gasteiger partial charge in [-0.05, 0) is 35.4 Å². The van der Waals surface area contributed by atoms with Crippen molar-refractivity contribution in [3.63, 3.8) is 0 Å². The van der Waals surface area contributed by atoms with Crippen molar-refractivity contribution in [3.05, 3.63) is 90.6 Å². The maximum absolute atomic E-state index is 12.8. The number of carbonyl (C=O) groups is 1. The molecule has 1 fully saturated rings. The van der Waals surface area contributed by atoms with Crippen LogP contribution in [0.5, 0.6) is 0 Å². The molecule has 0 bridgehead atoms. The quantitative estimate of drug-likeness (QED) is 0.358. The van der Waals surface area contributed by atoms with Gasteiger partial charge in [0, 0.05) is 63.2 Å². The number of piperazine rings is 1. The topological polar surface area (TPSA) is 116 Å². The number of amides is 1. The third kappa shape index (κ3) is 4.90. The van der Waals surface area contributed by atoms with Crippen LogP contribution >= 0.6 is 0 Å². The standard InChI is InChI=1S/C30H28N8O2/c1-35-20-24(18-34-35)23-14-26(38-25(16-31)19-33-29(38)15-23)22-7-8-28(32-17-22)36-9-11-37(12-10-36)30(40)27(39)13-21-5-3-2-4-6-21/h2-8,14-15,17-20,27,39H,9-13H2,1H3. The van der Waals surface area contributed by atoms with Gasteiger partial charge in [0.25, 0.3) is 5.91 Å². The van der Waals surface area contributed by atoms with Crippen LogP contribution in [0.15, 0.2) is 79.4 Å². The van der Waals surface area contributed by atoms with Gasteiger partial charge in [-0.1, -0.05) is 30.3 Å². The summed E-state index contributed by atoms with van der Waals surface area (Å²) in [6.07, 6.45) is 6.38. The molecule has 1 amide bonds. The van der Waals surface area contributed by atoms with Crippen LogP contribution in [0.25, 0.3) is 28.0 Å². The zero-order valence-electron chi connectivity index (χ0n) is 22.1. The number of nitrogens with zero attached hydrogens (tertiary/aromatic N) is 8. The summed E-state index contributed by atoms with van der Waals surface area (Å²) in [4.78, 5) is 25.9. The predicted molar refractivity (Wildman–Crippen MR) is 150 cm³/mol. The fraction of sp³-hybridized carbons (Fsp3) is 0.233. The number of anilines is 1. The molecule has 1 aliphatic heterocycles. The summed E-state index contributed by atoms with van der Waals surface area (Å²) in [5.74, 6) is 0.574. The van der Waals surface area contributed by atoms with Crippen molar-refractivity contribution >= 4 is 17.4 Å². The highest BCUT2D eigenvalue weighted by Crippen LogP contribution is 2.30. The summed E-state index contributed by atoms with van der Waals surface area (Å²) in [6.45, 7) is 2.28. The normalized spacial score (nSPS) is 14.3. The van der Waals surface area contributed by atoms with E-state index in [1.807, 2.05) is 72.2 Å². The van der Waals surface area contributed by atoms with Crippen molar-refractivity contribution in [2.45, 2.75) is 12.5 Å². The van der Waals surface area contributed by atoms with Crippen LogP contribution in [0.4, 0.5) is 5.82 Å². The van der Waals surface area contributed by atoms with Crippen LogP contribution in [0.3, 0.4) is 0 Å². The smallest absolute Gasteiger partial charge is 0.251 e. The van der Waals surface area contributed by atoms with Gasteiger partial charge in [-0.3, -0.25) is 13.9 Å². The van der Waals surface area contributed by atoms with E-state index >= 15 is 0 Å². The molecule has 1 unspecified atom stereocenters. The zero-order valence-corrected chi connectivity index (χ0v) is 22.1. The van der Waals surface area contributed by atoms with Gasteiger partial charge in [0.05, 0.1) is 18.1 Å². The summed E-state index contributed by atoms with van der Waals surface area (Å²) in [6, 6.07) is 19.7. The summed E-state index contributed by atoms with van der Waals surface area (Å²) in [7, 11) is 1.87. The molecule has 0 radical (unpaired) electrons. The molecule has 1 aromatic carbocycles.